The quantitative estimate of drug-likeness (QED) is 0.830. The van der Waals surface area contributed by atoms with Crippen molar-refractivity contribution in [3.8, 4) is 0 Å². The van der Waals surface area contributed by atoms with Crippen LogP contribution < -0.4 is 5.11 Å². The molecule has 100 valence electrons. The van der Waals surface area contributed by atoms with Gasteiger partial charge in [-0.3, -0.25) is 4.90 Å². The van der Waals surface area contributed by atoms with Crippen molar-refractivity contribution in [1.29, 1.82) is 0 Å². The third kappa shape index (κ3) is 4.67. The molecule has 0 saturated carbocycles. The molecule has 1 fully saturated rings. The second-order valence-electron chi connectivity index (χ2n) is 4.78. The monoisotopic (exact) mass is 268 g/mol. The minimum atomic E-state index is -0.911. The second-order valence-corrected chi connectivity index (χ2v) is 4.78. The summed E-state index contributed by atoms with van der Waals surface area (Å²) in [6, 6.07) is 10.4. The molecule has 0 atom stereocenters. The number of benzene rings is 1. The summed E-state index contributed by atoms with van der Waals surface area (Å²) in [7, 11) is 0. The largest absolute Gasteiger partial charge is 0.550 e. The summed E-state index contributed by atoms with van der Waals surface area (Å²) < 4.78 is 0. The number of aliphatic carboxylic acids is 1. The van der Waals surface area contributed by atoms with Gasteiger partial charge in [-0.05, 0) is 43.8 Å². The molecule has 1 aromatic rings. The molecule has 0 radical (unpaired) electrons. The summed E-state index contributed by atoms with van der Waals surface area (Å²) >= 11 is 0. The van der Waals surface area contributed by atoms with Crippen molar-refractivity contribution in [3.05, 3.63) is 35.9 Å². The highest BCUT2D eigenvalue weighted by Crippen LogP contribution is 2.21. The first-order valence-electron chi connectivity index (χ1n) is 6.20. The molecule has 0 N–H and O–H groups in total. The van der Waals surface area contributed by atoms with Crippen LogP contribution in [0.4, 0.5) is 0 Å². The fraction of sp³-hybridized carbons (Fsp3) is 0.500. The van der Waals surface area contributed by atoms with Crippen molar-refractivity contribution in [2.24, 2.45) is 5.92 Å². The molecule has 0 aromatic heterocycles. The summed E-state index contributed by atoms with van der Waals surface area (Å²) in [6.45, 7) is 2.96. The maximum Gasteiger partial charge on any atom is 0.0417 e. The van der Waals surface area contributed by atoms with Gasteiger partial charge in [0.1, 0.15) is 0 Å². The van der Waals surface area contributed by atoms with Crippen LogP contribution in [-0.2, 0) is 11.3 Å². The molecule has 1 saturated heterocycles. The molecule has 3 nitrogen and oxygen atoms in total. The van der Waals surface area contributed by atoms with Crippen molar-refractivity contribution in [2.75, 3.05) is 13.1 Å². The van der Waals surface area contributed by atoms with E-state index in [4.69, 9.17) is 0 Å². The van der Waals surface area contributed by atoms with Gasteiger partial charge in [-0.15, -0.1) is 12.4 Å². The van der Waals surface area contributed by atoms with Crippen molar-refractivity contribution in [3.63, 3.8) is 0 Å². The van der Waals surface area contributed by atoms with Gasteiger partial charge in [-0.1, -0.05) is 30.3 Å². The van der Waals surface area contributed by atoms with E-state index in [1.54, 1.807) is 0 Å². The molecular weight excluding hydrogens is 250 g/mol. The van der Waals surface area contributed by atoms with Gasteiger partial charge in [0.05, 0.1) is 0 Å². The van der Waals surface area contributed by atoms with E-state index in [2.05, 4.69) is 29.2 Å². The predicted octanol–water partition coefficient (Wildman–Crippen LogP) is 1.46. The number of likely N-dealkylation sites (tertiary alicyclic amines) is 1. The number of halogens is 1. The third-order valence-electron chi connectivity index (χ3n) is 3.41. The summed E-state index contributed by atoms with van der Waals surface area (Å²) in [5.41, 5.74) is 1.32. The van der Waals surface area contributed by atoms with Crippen LogP contribution in [0.25, 0.3) is 0 Å². The SMILES string of the molecule is Cl.O=C([O-])CC1CCN(Cc2ccccc2)CC1. The number of hydrogen-bond acceptors (Lipinski definition) is 3. The molecule has 0 bridgehead atoms. The highest BCUT2D eigenvalue weighted by molar-refractivity contribution is 5.85. The van der Waals surface area contributed by atoms with Crippen LogP contribution in [0.15, 0.2) is 30.3 Å². The maximum atomic E-state index is 10.5. The molecule has 1 aliphatic rings. The number of rotatable bonds is 4. The van der Waals surface area contributed by atoms with Crippen LogP contribution >= 0.6 is 12.4 Å². The standard InChI is InChI=1S/C14H19NO2.ClH/c16-14(17)10-12-6-8-15(9-7-12)11-13-4-2-1-3-5-13;/h1-5,12H,6-11H2,(H,16,17);1H/p-1. The fourth-order valence-corrected chi connectivity index (χ4v) is 2.43. The lowest BCUT2D eigenvalue weighted by molar-refractivity contribution is -0.307. The molecule has 2 rings (SSSR count). The lowest BCUT2D eigenvalue weighted by Crippen LogP contribution is -2.35. The Morgan fingerprint density at radius 1 is 1.22 bits per heavy atom. The van der Waals surface area contributed by atoms with Gasteiger partial charge >= 0.3 is 0 Å². The summed E-state index contributed by atoms with van der Waals surface area (Å²) in [6.07, 6.45) is 2.17. The van der Waals surface area contributed by atoms with Gasteiger partial charge < -0.3 is 9.90 Å². The first-order valence-corrected chi connectivity index (χ1v) is 6.20. The van der Waals surface area contributed by atoms with Gasteiger partial charge in [0.25, 0.3) is 0 Å². The molecule has 4 heteroatoms. The number of carboxylic acids is 1. The lowest BCUT2D eigenvalue weighted by atomic mass is 9.93. The van der Waals surface area contributed by atoms with E-state index in [-0.39, 0.29) is 18.8 Å². The number of carbonyl (C=O) groups excluding carboxylic acids is 1. The highest BCUT2D eigenvalue weighted by atomic mass is 35.5. The topological polar surface area (TPSA) is 43.4 Å². The summed E-state index contributed by atoms with van der Waals surface area (Å²) in [5, 5.41) is 10.5. The molecule has 0 unspecified atom stereocenters. The van der Waals surface area contributed by atoms with E-state index in [0.717, 1.165) is 32.5 Å². The van der Waals surface area contributed by atoms with Crippen LogP contribution in [0.3, 0.4) is 0 Å². The van der Waals surface area contributed by atoms with Gasteiger partial charge in [-0.25, -0.2) is 0 Å². The molecule has 0 spiro atoms. The van der Waals surface area contributed by atoms with E-state index < -0.39 is 5.97 Å². The van der Waals surface area contributed by atoms with Crippen LogP contribution in [0, 0.1) is 5.92 Å². The van der Waals surface area contributed by atoms with E-state index in [1.165, 1.54) is 5.56 Å². The molecule has 1 heterocycles. The minimum absolute atomic E-state index is 0. The van der Waals surface area contributed by atoms with E-state index >= 15 is 0 Å². The second kappa shape index (κ2) is 7.39. The van der Waals surface area contributed by atoms with Crippen LogP contribution in [0.1, 0.15) is 24.8 Å². The summed E-state index contributed by atoms with van der Waals surface area (Å²) in [4.78, 5) is 12.9. The smallest absolute Gasteiger partial charge is 0.0417 e. The number of piperidine rings is 1. The molecule has 0 aliphatic carbocycles. The number of carboxylic acid groups (broad SMARTS) is 1. The van der Waals surface area contributed by atoms with Gasteiger partial charge in [0, 0.05) is 12.5 Å². The first-order chi connectivity index (χ1) is 8.24. The molecule has 1 aliphatic heterocycles. The number of carbonyl (C=O) groups is 1. The molecule has 0 amide bonds. The molecular formula is C14H19ClNO2-. The Balaban J connectivity index is 0.00000162. The van der Waals surface area contributed by atoms with Crippen molar-refractivity contribution in [1.82, 2.24) is 4.90 Å². The van der Waals surface area contributed by atoms with Crippen molar-refractivity contribution < 1.29 is 9.90 Å². The number of nitrogens with zero attached hydrogens (tertiary/aromatic N) is 1. The Hall–Kier alpha value is -1.06. The average molecular weight is 269 g/mol. The van der Waals surface area contributed by atoms with Crippen molar-refractivity contribution in [2.45, 2.75) is 25.8 Å². The predicted molar refractivity (Wildman–Crippen MR) is 71.3 cm³/mol. The zero-order valence-corrected chi connectivity index (χ0v) is 11.2. The van der Waals surface area contributed by atoms with Crippen molar-refractivity contribution >= 4 is 18.4 Å². The maximum absolute atomic E-state index is 10.5. The van der Waals surface area contributed by atoms with Gasteiger partial charge in [-0.2, -0.15) is 0 Å². The molecule has 1 aromatic carbocycles. The Morgan fingerprint density at radius 3 is 2.39 bits per heavy atom. The first kappa shape index (κ1) is 15.0. The Labute approximate surface area is 114 Å². The Morgan fingerprint density at radius 2 is 1.83 bits per heavy atom. The normalized spacial score (nSPS) is 17.1. The van der Waals surface area contributed by atoms with Crippen LogP contribution in [0.5, 0.6) is 0 Å². The lowest BCUT2D eigenvalue weighted by Gasteiger charge is -2.32. The van der Waals surface area contributed by atoms with E-state index in [0.29, 0.717) is 5.92 Å². The van der Waals surface area contributed by atoms with Crippen LogP contribution in [-0.4, -0.2) is 24.0 Å². The highest BCUT2D eigenvalue weighted by Gasteiger charge is 2.18. The summed E-state index contributed by atoms with van der Waals surface area (Å²) in [5.74, 6) is -0.599. The zero-order chi connectivity index (χ0) is 12.1. The average Bonchev–Trinajstić information content (AvgIpc) is 2.32. The Bertz CT molecular complexity index is 361. The zero-order valence-electron chi connectivity index (χ0n) is 10.4. The molecule has 18 heavy (non-hydrogen) atoms. The Kier molecular flexibility index (Phi) is 6.16. The van der Waals surface area contributed by atoms with Crippen LogP contribution in [0.2, 0.25) is 0 Å². The van der Waals surface area contributed by atoms with E-state index in [1.807, 2.05) is 6.07 Å². The van der Waals surface area contributed by atoms with Gasteiger partial charge in [0.15, 0.2) is 0 Å². The van der Waals surface area contributed by atoms with Gasteiger partial charge in [0.2, 0.25) is 0 Å². The number of hydrogen-bond donors (Lipinski definition) is 0. The van der Waals surface area contributed by atoms with E-state index in [9.17, 15) is 9.90 Å². The minimum Gasteiger partial charge on any atom is -0.550 e. The fourth-order valence-electron chi connectivity index (χ4n) is 2.43. The third-order valence-corrected chi connectivity index (χ3v) is 3.41.